The molecule has 2 aromatic carbocycles. The van der Waals surface area contributed by atoms with Gasteiger partial charge in [-0.1, -0.05) is 35.3 Å². The third-order valence-electron chi connectivity index (χ3n) is 4.82. The molecule has 2 aromatic rings. The standard InChI is InChI=1S/2C11H13ClN2O4/c2*1-13(7-11(15)16)5-4-8-2-3-9(12)6-10(8)14(17)18/h2*2-3,6H,4-5,7H2,1H3,(H,15,16). The van der Waals surface area contributed by atoms with Crippen LogP contribution in [0, 0.1) is 20.2 Å². The van der Waals surface area contributed by atoms with E-state index in [9.17, 15) is 29.8 Å². The zero-order valence-electron chi connectivity index (χ0n) is 19.6. The number of carbonyl (C=O) groups is 2. The fourth-order valence-electron chi connectivity index (χ4n) is 3.08. The molecule has 14 heteroatoms. The molecule has 0 aliphatic heterocycles. The van der Waals surface area contributed by atoms with E-state index in [0.29, 0.717) is 47.1 Å². The van der Waals surface area contributed by atoms with Gasteiger partial charge < -0.3 is 10.2 Å². The molecule has 2 N–H and O–H groups in total. The fraction of sp³-hybridized carbons (Fsp3) is 0.364. The molecule has 0 radical (unpaired) electrons. The minimum atomic E-state index is -0.928. The summed E-state index contributed by atoms with van der Waals surface area (Å²) < 4.78 is 0. The second kappa shape index (κ2) is 14.9. The Hall–Kier alpha value is -3.32. The third-order valence-corrected chi connectivity index (χ3v) is 5.29. The fourth-order valence-corrected chi connectivity index (χ4v) is 3.41. The van der Waals surface area contributed by atoms with Gasteiger partial charge in [0.25, 0.3) is 11.4 Å². The lowest BCUT2D eigenvalue weighted by molar-refractivity contribution is -0.385. The van der Waals surface area contributed by atoms with Crippen molar-refractivity contribution in [1.82, 2.24) is 9.80 Å². The Balaban J connectivity index is 0.000000360. The van der Waals surface area contributed by atoms with Crippen molar-refractivity contribution in [3.05, 3.63) is 77.8 Å². The van der Waals surface area contributed by atoms with Crippen molar-refractivity contribution >= 4 is 46.5 Å². The summed E-state index contributed by atoms with van der Waals surface area (Å²) in [5.41, 5.74) is 1.01. The molecule has 0 saturated heterocycles. The molecule has 0 aliphatic carbocycles. The van der Waals surface area contributed by atoms with Gasteiger partial charge in [-0.2, -0.15) is 0 Å². The Bertz CT molecular complexity index is 1010. The second-order valence-corrected chi connectivity index (χ2v) is 8.70. The Morgan fingerprint density at radius 2 is 1.11 bits per heavy atom. The zero-order chi connectivity index (χ0) is 27.4. The van der Waals surface area contributed by atoms with Crippen LogP contribution in [0.1, 0.15) is 11.1 Å². The van der Waals surface area contributed by atoms with Crippen molar-refractivity contribution in [2.45, 2.75) is 12.8 Å². The minimum Gasteiger partial charge on any atom is -0.480 e. The maximum Gasteiger partial charge on any atom is 0.317 e. The molecular formula is C22H26Cl2N4O8. The van der Waals surface area contributed by atoms with Crippen molar-refractivity contribution in [2.24, 2.45) is 0 Å². The maximum atomic E-state index is 10.8. The van der Waals surface area contributed by atoms with Crippen molar-refractivity contribution in [3.8, 4) is 0 Å². The van der Waals surface area contributed by atoms with Gasteiger partial charge in [-0.25, -0.2) is 0 Å². The van der Waals surface area contributed by atoms with E-state index in [1.54, 1.807) is 48.2 Å². The Morgan fingerprint density at radius 3 is 1.39 bits per heavy atom. The highest BCUT2D eigenvalue weighted by Gasteiger charge is 2.16. The lowest BCUT2D eigenvalue weighted by atomic mass is 10.1. The van der Waals surface area contributed by atoms with E-state index in [4.69, 9.17) is 33.4 Å². The number of nitro groups is 2. The number of benzene rings is 2. The first-order valence-electron chi connectivity index (χ1n) is 10.5. The third kappa shape index (κ3) is 11.4. The predicted molar refractivity (Wildman–Crippen MR) is 134 cm³/mol. The highest BCUT2D eigenvalue weighted by Crippen LogP contribution is 2.24. The number of likely N-dealkylation sites (N-methyl/N-ethyl adjacent to an activating group) is 2. The van der Waals surface area contributed by atoms with E-state index in [0.717, 1.165) is 0 Å². The van der Waals surface area contributed by atoms with E-state index in [2.05, 4.69) is 0 Å². The van der Waals surface area contributed by atoms with Crippen LogP contribution in [0.3, 0.4) is 0 Å². The molecule has 0 aromatic heterocycles. The number of hydrogen-bond donors (Lipinski definition) is 2. The first-order chi connectivity index (χ1) is 16.8. The normalized spacial score (nSPS) is 10.6. The summed E-state index contributed by atoms with van der Waals surface area (Å²) in [4.78, 5) is 44.8. The Labute approximate surface area is 216 Å². The summed E-state index contributed by atoms with van der Waals surface area (Å²) in [7, 11) is 3.30. The van der Waals surface area contributed by atoms with Gasteiger partial charge >= 0.3 is 11.9 Å². The van der Waals surface area contributed by atoms with Gasteiger partial charge in [0.1, 0.15) is 0 Å². The monoisotopic (exact) mass is 544 g/mol. The molecule has 0 unspecified atom stereocenters. The highest BCUT2D eigenvalue weighted by atomic mass is 35.5. The number of nitro benzene ring substituents is 2. The van der Waals surface area contributed by atoms with Gasteiger partial charge in [0.05, 0.1) is 22.9 Å². The van der Waals surface area contributed by atoms with E-state index >= 15 is 0 Å². The largest absolute Gasteiger partial charge is 0.480 e. The van der Waals surface area contributed by atoms with Crippen LogP contribution in [-0.2, 0) is 22.4 Å². The van der Waals surface area contributed by atoms with Crippen LogP contribution in [0.2, 0.25) is 10.0 Å². The predicted octanol–water partition coefficient (Wildman–Crippen LogP) is 3.61. The summed E-state index contributed by atoms with van der Waals surface area (Å²) >= 11 is 11.4. The van der Waals surface area contributed by atoms with E-state index in [-0.39, 0.29) is 24.5 Å². The summed E-state index contributed by atoms with van der Waals surface area (Å²) in [6.45, 7) is 0.659. The lowest BCUT2D eigenvalue weighted by Crippen LogP contribution is -2.27. The van der Waals surface area contributed by atoms with Crippen LogP contribution in [0.4, 0.5) is 11.4 Å². The SMILES string of the molecule is CN(CCc1ccc(Cl)cc1[N+](=O)[O-])CC(=O)O.CN(CCc1ccc(Cl)cc1[N+](=O)[O-])CC(=O)O. The van der Waals surface area contributed by atoms with E-state index in [1.807, 2.05) is 0 Å². The average molecular weight is 545 g/mol. The molecule has 0 bridgehead atoms. The molecule has 12 nitrogen and oxygen atoms in total. The molecule has 2 rings (SSSR count). The summed E-state index contributed by atoms with van der Waals surface area (Å²) in [5.74, 6) is -1.86. The molecule has 0 aliphatic rings. The molecular weight excluding hydrogens is 519 g/mol. The van der Waals surface area contributed by atoms with Gasteiger partial charge in [-0.3, -0.25) is 39.6 Å². The average Bonchev–Trinajstić information content (AvgIpc) is 2.76. The number of halogens is 2. The Morgan fingerprint density at radius 1 is 0.778 bits per heavy atom. The van der Waals surface area contributed by atoms with Crippen LogP contribution < -0.4 is 0 Å². The summed E-state index contributed by atoms with van der Waals surface area (Å²) in [6.07, 6.45) is 0.800. The van der Waals surface area contributed by atoms with Gasteiger partial charge in [-0.15, -0.1) is 0 Å². The minimum absolute atomic E-state index is 0.0359. The lowest BCUT2D eigenvalue weighted by Gasteiger charge is -2.13. The van der Waals surface area contributed by atoms with Crippen molar-refractivity contribution in [3.63, 3.8) is 0 Å². The van der Waals surface area contributed by atoms with Gasteiger partial charge in [-0.05, 0) is 39.1 Å². The van der Waals surface area contributed by atoms with Crippen molar-refractivity contribution in [2.75, 3.05) is 40.3 Å². The smallest absolute Gasteiger partial charge is 0.317 e. The summed E-state index contributed by atoms with van der Waals surface area (Å²) in [5, 5.41) is 39.5. The van der Waals surface area contributed by atoms with Crippen LogP contribution in [0.15, 0.2) is 36.4 Å². The molecule has 196 valence electrons. The van der Waals surface area contributed by atoms with Gasteiger partial charge in [0, 0.05) is 46.4 Å². The zero-order valence-corrected chi connectivity index (χ0v) is 21.1. The summed E-state index contributed by atoms with van der Waals surface area (Å²) in [6, 6.07) is 8.95. The first-order valence-corrected chi connectivity index (χ1v) is 11.2. The molecule has 0 heterocycles. The van der Waals surface area contributed by atoms with E-state index in [1.165, 1.54) is 12.1 Å². The topological polar surface area (TPSA) is 167 Å². The quantitative estimate of drug-likeness (QED) is 0.297. The highest BCUT2D eigenvalue weighted by molar-refractivity contribution is 6.31. The van der Waals surface area contributed by atoms with Crippen LogP contribution in [-0.4, -0.2) is 82.1 Å². The van der Waals surface area contributed by atoms with Crippen LogP contribution in [0.5, 0.6) is 0 Å². The maximum absolute atomic E-state index is 10.8. The number of rotatable bonds is 12. The molecule has 0 spiro atoms. The first kappa shape index (κ1) is 30.7. The van der Waals surface area contributed by atoms with Crippen LogP contribution >= 0.6 is 23.2 Å². The van der Waals surface area contributed by atoms with Crippen LogP contribution in [0.25, 0.3) is 0 Å². The number of nitrogens with zero attached hydrogens (tertiary/aromatic N) is 4. The number of aliphatic carboxylic acids is 2. The molecule has 0 atom stereocenters. The second-order valence-electron chi connectivity index (χ2n) is 7.82. The molecule has 0 amide bonds. The van der Waals surface area contributed by atoms with Crippen molar-refractivity contribution < 1.29 is 29.6 Å². The van der Waals surface area contributed by atoms with E-state index < -0.39 is 21.8 Å². The number of carboxylic acids is 2. The number of carboxylic acid groups (broad SMARTS) is 2. The molecule has 0 saturated carbocycles. The van der Waals surface area contributed by atoms with Gasteiger partial charge in [0.15, 0.2) is 0 Å². The van der Waals surface area contributed by atoms with Gasteiger partial charge in [0.2, 0.25) is 0 Å². The molecule has 36 heavy (non-hydrogen) atoms. The molecule has 0 fully saturated rings. The van der Waals surface area contributed by atoms with Crippen molar-refractivity contribution in [1.29, 1.82) is 0 Å². The number of hydrogen-bond acceptors (Lipinski definition) is 8. The Kier molecular flexibility index (Phi) is 12.7.